The van der Waals surface area contributed by atoms with Gasteiger partial charge in [0.15, 0.2) is 0 Å². The fourth-order valence-corrected chi connectivity index (χ4v) is 2.95. The third-order valence-electron chi connectivity index (χ3n) is 3.99. The molecule has 0 saturated heterocycles. The molecule has 0 atom stereocenters. The van der Waals surface area contributed by atoms with Gasteiger partial charge >= 0.3 is 0 Å². The normalized spacial score (nSPS) is 11.7. The highest BCUT2D eigenvalue weighted by molar-refractivity contribution is 5.98. The highest BCUT2D eigenvalue weighted by atomic mass is 28.2. The lowest BCUT2D eigenvalue weighted by molar-refractivity contribution is 0.0685. The maximum Gasteiger partial charge on any atom is 0.247 e. The minimum atomic E-state index is -0.573. The Morgan fingerprint density at radius 2 is 1.62 bits per heavy atom. The molecule has 4 heteroatoms. The second kappa shape index (κ2) is 6.50. The van der Waals surface area contributed by atoms with E-state index >= 15 is 0 Å². The van der Waals surface area contributed by atoms with Crippen LogP contribution in [0.5, 0.6) is 0 Å². The number of hydrogen-bond donors (Lipinski definition) is 0. The number of hydrogen-bond acceptors (Lipinski definition) is 1. The van der Waals surface area contributed by atoms with Gasteiger partial charge in [0, 0.05) is 11.6 Å². The molecule has 0 unspecified atom stereocenters. The van der Waals surface area contributed by atoms with Crippen molar-refractivity contribution < 1.29 is 13.2 Å². The molecular formula is C17H17F2OSi. The van der Waals surface area contributed by atoms with Crippen LogP contribution in [0.1, 0.15) is 32.3 Å². The molecule has 2 aromatic rings. The van der Waals surface area contributed by atoms with Crippen LogP contribution in [-0.4, -0.2) is 10.5 Å². The molecule has 3 radical (unpaired) electrons. The van der Waals surface area contributed by atoms with Crippen LogP contribution in [0.25, 0.3) is 11.1 Å². The Labute approximate surface area is 127 Å². The average molecular weight is 303 g/mol. The van der Waals surface area contributed by atoms with Gasteiger partial charge in [-0.25, -0.2) is 8.78 Å². The van der Waals surface area contributed by atoms with Gasteiger partial charge in [-0.3, -0.25) is 0 Å². The van der Waals surface area contributed by atoms with Crippen LogP contribution in [0.4, 0.5) is 8.78 Å². The lowest BCUT2D eigenvalue weighted by Gasteiger charge is -2.31. The van der Waals surface area contributed by atoms with E-state index in [-0.39, 0.29) is 0 Å². The topological polar surface area (TPSA) is 9.23 Å². The van der Waals surface area contributed by atoms with Crippen molar-refractivity contribution in [3.05, 3.63) is 59.7 Å². The fraction of sp³-hybridized carbons (Fsp3) is 0.294. The summed E-state index contributed by atoms with van der Waals surface area (Å²) in [5, 5.41) is 0. The molecule has 0 N–H and O–H groups in total. The van der Waals surface area contributed by atoms with E-state index in [2.05, 4.69) is 24.3 Å². The smallest absolute Gasteiger partial charge is 0.247 e. The fourth-order valence-electron chi connectivity index (χ4n) is 2.54. The molecule has 0 aliphatic heterocycles. The van der Waals surface area contributed by atoms with E-state index in [1.165, 1.54) is 12.1 Å². The van der Waals surface area contributed by atoms with Crippen molar-refractivity contribution >= 4 is 10.5 Å². The monoisotopic (exact) mass is 303 g/mol. The quantitative estimate of drug-likeness (QED) is 0.724. The number of benzene rings is 2. The van der Waals surface area contributed by atoms with Crippen molar-refractivity contribution in [2.75, 3.05) is 0 Å². The van der Waals surface area contributed by atoms with Gasteiger partial charge in [-0.2, -0.15) is 0 Å². The zero-order chi connectivity index (χ0) is 15.5. The molecule has 0 amide bonds. The molecule has 1 nitrogen and oxygen atoms in total. The molecule has 0 aliphatic rings. The third-order valence-corrected chi connectivity index (χ3v) is 4.38. The second-order valence-electron chi connectivity index (χ2n) is 5.00. The van der Waals surface area contributed by atoms with Crippen molar-refractivity contribution in [3.63, 3.8) is 0 Å². The predicted octanol–water partition coefficient (Wildman–Crippen LogP) is 4.75. The van der Waals surface area contributed by atoms with Crippen molar-refractivity contribution in [2.24, 2.45) is 0 Å². The predicted molar refractivity (Wildman–Crippen MR) is 80.9 cm³/mol. The standard InChI is InChI=1S/C17H17F2OSi/c1-3-17(4-2,20-21)13-7-5-12(6-8-13)15-10-9-14(18)11-16(15)19/h5-11H,3-4H2,1-2H3. The SMILES string of the molecule is CCC(CC)(O[Si])c1ccc(-c2ccc(F)cc2F)cc1. The molecule has 0 aliphatic carbocycles. The van der Waals surface area contributed by atoms with Gasteiger partial charge in [-0.1, -0.05) is 38.1 Å². The largest absolute Gasteiger partial charge is 0.409 e. The van der Waals surface area contributed by atoms with Crippen LogP contribution in [-0.2, 0) is 10.0 Å². The van der Waals surface area contributed by atoms with Crippen LogP contribution in [0.3, 0.4) is 0 Å². The lowest BCUT2D eigenvalue weighted by Crippen LogP contribution is -2.27. The molecule has 0 fully saturated rings. The molecule has 109 valence electrons. The highest BCUT2D eigenvalue weighted by Gasteiger charge is 2.27. The molecule has 2 rings (SSSR count). The summed E-state index contributed by atoms with van der Waals surface area (Å²) in [6, 6.07) is 11.1. The Morgan fingerprint density at radius 3 is 2.10 bits per heavy atom. The summed E-state index contributed by atoms with van der Waals surface area (Å²) < 4.78 is 32.2. The average Bonchev–Trinajstić information content (AvgIpc) is 2.50. The van der Waals surface area contributed by atoms with Crippen molar-refractivity contribution in [3.8, 4) is 11.1 Å². The Kier molecular flexibility index (Phi) is 4.90. The van der Waals surface area contributed by atoms with Gasteiger partial charge in [-0.15, -0.1) is 0 Å². The van der Waals surface area contributed by atoms with Crippen molar-refractivity contribution in [2.45, 2.75) is 32.3 Å². The maximum absolute atomic E-state index is 13.8. The van der Waals surface area contributed by atoms with Gasteiger partial charge in [-0.05, 0) is 36.1 Å². The first-order valence-corrected chi connectivity index (χ1v) is 7.38. The Hall–Kier alpha value is -1.52. The van der Waals surface area contributed by atoms with Crippen LogP contribution < -0.4 is 0 Å². The molecular weight excluding hydrogens is 286 g/mol. The summed E-state index contributed by atoms with van der Waals surface area (Å²) in [4.78, 5) is 0. The van der Waals surface area contributed by atoms with E-state index in [1.807, 2.05) is 24.3 Å². The Balaban J connectivity index is 2.39. The molecule has 0 spiro atoms. The lowest BCUT2D eigenvalue weighted by atomic mass is 9.87. The van der Waals surface area contributed by atoms with Gasteiger partial charge in [0.2, 0.25) is 10.5 Å². The Morgan fingerprint density at radius 1 is 1.00 bits per heavy atom. The molecule has 2 aromatic carbocycles. The Bertz CT molecular complexity index is 598. The highest BCUT2D eigenvalue weighted by Crippen LogP contribution is 2.33. The summed E-state index contributed by atoms with van der Waals surface area (Å²) in [6.07, 6.45) is 1.63. The summed E-state index contributed by atoms with van der Waals surface area (Å²) in [6.45, 7) is 4.11. The van der Waals surface area contributed by atoms with Gasteiger partial charge in [0.25, 0.3) is 0 Å². The molecule has 0 saturated carbocycles. The molecule has 0 heterocycles. The summed E-state index contributed by atoms with van der Waals surface area (Å²) in [5.41, 5.74) is 1.73. The van der Waals surface area contributed by atoms with Crippen molar-refractivity contribution in [1.29, 1.82) is 0 Å². The summed E-state index contributed by atoms with van der Waals surface area (Å²) in [7, 11) is 3.16. The van der Waals surface area contributed by atoms with E-state index in [1.54, 1.807) is 0 Å². The first-order chi connectivity index (χ1) is 10.1. The minimum absolute atomic E-state index is 0.390. The van der Waals surface area contributed by atoms with Crippen LogP contribution in [0.2, 0.25) is 0 Å². The summed E-state index contributed by atoms with van der Waals surface area (Å²) in [5.74, 6) is -1.13. The summed E-state index contributed by atoms with van der Waals surface area (Å²) >= 11 is 0. The number of rotatable bonds is 5. The minimum Gasteiger partial charge on any atom is -0.409 e. The zero-order valence-corrected chi connectivity index (χ0v) is 13.1. The van der Waals surface area contributed by atoms with Crippen LogP contribution in [0.15, 0.2) is 42.5 Å². The van der Waals surface area contributed by atoms with Gasteiger partial charge < -0.3 is 4.43 Å². The molecule has 0 aromatic heterocycles. The van der Waals surface area contributed by atoms with E-state index in [9.17, 15) is 8.78 Å². The van der Waals surface area contributed by atoms with E-state index in [0.717, 1.165) is 24.5 Å². The van der Waals surface area contributed by atoms with E-state index in [4.69, 9.17) is 4.43 Å². The van der Waals surface area contributed by atoms with E-state index in [0.29, 0.717) is 11.1 Å². The van der Waals surface area contributed by atoms with Gasteiger partial charge in [0.05, 0.1) is 5.60 Å². The molecule has 21 heavy (non-hydrogen) atoms. The zero-order valence-electron chi connectivity index (χ0n) is 12.1. The van der Waals surface area contributed by atoms with Crippen LogP contribution in [0, 0.1) is 11.6 Å². The third kappa shape index (κ3) is 3.06. The van der Waals surface area contributed by atoms with E-state index < -0.39 is 17.2 Å². The van der Waals surface area contributed by atoms with Crippen LogP contribution >= 0.6 is 0 Å². The number of halogens is 2. The molecule has 0 bridgehead atoms. The van der Waals surface area contributed by atoms with Crippen molar-refractivity contribution in [1.82, 2.24) is 0 Å². The first-order valence-electron chi connectivity index (χ1n) is 6.97. The van der Waals surface area contributed by atoms with Gasteiger partial charge in [0.1, 0.15) is 11.6 Å². The maximum atomic E-state index is 13.8. The second-order valence-corrected chi connectivity index (χ2v) is 5.21. The first kappa shape index (κ1) is 15.9.